The summed E-state index contributed by atoms with van der Waals surface area (Å²) in [6, 6.07) is 0.753. The first-order valence-corrected chi connectivity index (χ1v) is 7.20. The first-order chi connectivity index (χ1) is 8.85. The van der Waals surface area contributed by atoms with E-state index >= 15 is 0 Å². The molecule has 2 heterocycles. The second-order valence-electron chi connectivity index (χ2n) is 5.58. The minimum absolute atomic E-state index is 0.445. The lowest BCUT2D eigenvalue weighted by Gasteiger charge is -2.16. The second-order valence-corrected chi connectivity index (χ2v) is 5.58. The molecule has 1 N–H and O–H groups in total. The van der Waals surface area contributed by atoms with Crippen LogP contribution in [0.1, 0.15) is 38.3 Å². The van der Waals surface area contributed by atoms with Gasteiger partial charge in [0.25, 0.3) is 0 Å². The molecule has 1 aliphatic heterocycles. The van der Waals surface area contributed by atoms with E-state index < -0.39 is 0 Å². The summed E-state index contributed by atoms with van der Waals surface area (Å²) in [4.78, 5) is 4.47. The van der Waals surface area contributed by atoms with Crippen LogP contribution in [0.15, 0.2) is 12.5 Å². The lowest BCUT2D eigenvalue weighted by atomic mass is 10.00. The predicted octanol–water partition coefficient (Wildman–Crippen LogP) is 1.95. The topological polar surface area (TPSA) is 39.1 Å². The maximum Gasteiger partial charge on any atom is 0.0950 e. The van der Waals surface area contributed by atoms with Gasteiger partial charge in [-0.3, -0.25) is 0 Å². The van der Waals surface area contributed by atoms with E-state index in [0.29, 0.717) is 12.0 Å². The molecule has 1 saturated carbocycles. The van der Waals surface area contributed by atoms with Crippen molar-refractivity contribution in [2.24, 2.45) is 5.92 Å². The van der Waals surface area contributed by atoms with Crippen LogP contribution in [0.2, 0.25) is 0 Å². The van der Waals surface area contributed by atoms with Gasteiger partial charge in [0.15, 0.2) is 0 Å². The molecule has 1 saturated heterocycles. The Labute approximate surface area is 109 Å². The van der Waals surface area contributed by atoms with Gasteiger partial charge in [0, 0.05) is 37.9 Å². The molecule has 0 aromatic carbocycles. The number of hydrogen-bond acceptors (Lipinski definition) is 3. The van der Waals surface area contributed by atoms with Gasteiger partial charge in [-0.15, -0.1) is 0 Å². The van der Waals surface area contributed by atoms with E-state index in [2.05, 4.69) is 28.0 Å². The molecule has 4 heteroatoms. The van der Waals surface area contributed by atoms with Gasteiger partial charge in [0.1, 0.15) is 0 Å². The van der Waals surface area contributed by atoms with Gasteiger partial charge in [-0.1, -0.05) is 6.92 Å². The van der Waals surface area contributed by atoms with Gasteiger partial charge in [0.05, 0.1) is 18.1 Å². The molecule has 0 spiro atoms. The first kappa shape index (κ1) is 12.2. The van der Waals surface area contributed by atoms with Crippen LogP contribution >= 0.6 is 0 Å². The Kier molecular flexibility index (Phi) is 3.66. The van der Waals surface area contributed by atoms with Crippen LogP contribution in [0.3, 0.4) is 0 Å². The van der Waals surface area contributed by atoms with Crippen molar-refractivity contribution in [2.45, 2.75) is 57.8 Å². The largest absolute Gasteiger partial charge is 0.378 e. The summed E-state index contributed by atoms with van der Waals surface area (Å²) in [7, 11) is 0. The number of hydrogen-bond donors (Lipinski definition) is 1. The highest BCUT2D eigenvalue weighted by atomic mass is 16.5. The van der Waals surface area contributed by atoms with Gasteiger partial charge in [-0.05, 0) is 25.7 Å². The van der Waals surface area contributed by atoms with E-state index in [1.165, 1.54) is 19.3 Å². The molecule has 1 aliphatic carbocycles. The van der Waals surface area contributed by atoms with Crippen molar-refractivity contribution in [3.8, 4) is 0 Å². The lowest BCUT2D eigenvalue weighted by molar-refractivity contribution is 0.0835. The average Bonchev–Trinajstić information content (AvgIpc) is 2.93. The van der Waals surface area contributed by atoms with Gasteiger partial charge in [-0.25, -0.2) is 4.98 Å². The van der Waals surface area contributed by atoms with Gasteiger partial charge in [-0.2, -0.15) is 0 Å². The van der Waals surface area contributed by atoms with E-state index in [9.17, 15) is 0 Å². The van der Waals surface area contributed by atoms with E-state index in [0.717, 1.165) is 37.9 Å². The van der Waals surface area contributed by atoms with E-state index in [1.807, 2.05) is 6.33 Å². The molecule has 2 fully saturated rings. The van der Waals surface area contributed by atoms with Crippen molar-refractivity contribution in [2.75, 3.05) is 6.61 Å². The Morgan fingerprint density at radius 1 is 1.44 bits per heavy atom. The normalized spacial score (nSPS) is 27.8. The van der Waals surface area contributed by atoms with E-state index in [-0.39, 0.29) is 0 Å². The Morgan fingerprint density at radius 3 is 3.11 bits per heavy atom. The maximum atomic E-state index is 5.73. The summed E-state index contributed by atoms with van der Waals surface area (Å²) in [6.07, 6.45) is 9.56. The van der Waals surface area contributed by atoms with E-state index in [1.54, 1.807) is 0 Å². The molecule has 0 radical (unpaired) electrons. The van der Waals surface area contributed by atoms with Crippen LogP contribution in [0.4, 0.5) is 0 Å². The molecular formula is C14H23N3O. The summed E-state index contributed by atoms with van der Waals surface area (Å²) >= 11 is 0. The third-order valence-corrected chi connectivity index (χ3v) is 4.03. The Hall–Kier alpha value is -0.870. The highest BCUT2D eigenvalue weighted by Crippen LogP contribution is 2.25. The highest BCUT2D eigenvalue weighted by Gasteiger charge is 2.27. The summed E-state index contributed by atoms with van der Waals surface area (Å²) in [5.41, 5.74) is 1.16. The standard InChI is InChI=1S/C14H23N3O/c1-2-14-11(5-6-18-14)8-17-9-13(16-10-17)7-15-12-3-4-12/h9-12,14-15H,2-8H2,1H3. The SMILES string of the molecule is CCC1OCCC1Cn1cnc(CNC2CC2)c1. The molecule has 3 rings (SSSR count). The number of ether oxygens (including phenoxy) is 1. The van der Waals surface area contributed by atoms with Crippen molar-refractivity contribution in [1.82, 2.24) is 14.9 Å². The third kappa shape index (κ3) is 2.93. The van der Waals surface area contributed by atoms with Crippen LogP contribution in [-0.4, -0.2) is 28.3 Å². The summed E-state index contributed by atoms with van der Waals surface area (Å²) in [5, 5.41) is 3.50. The average molecular weight is 249 g/mol. The Morgan fingerprint density at radius 2 is 2.33 bits per heavy atom. The highest BCUT2D eigenvalue weighted by molar-refractivity contribution is 4.98. The summed E-state index contributed by atoms with van der Waals surface area (Å²) < 4.78 is 7.96. The molecule has 2 aliphatic rings. The zero-order valence-corrected chi connectivity index (χ0v) is 11.1. The van der Waals surface area contributed by atoms with Crippen molar-refractivity contribution in [1.29, 1.82) is 0 Å². The van der Waals surface area contributed by atoms with Crippen molar-refractivity contribution in [3.05, 3.63) is 18.2 Å². The number of nitrogens with one attached hydrogen (secondary N) is 1. The smallest absolute Gasteiger partial charge is 0.0950 e. The monoisotopic (exact) mass is 249 g/mol. The summed E-state index contributed by atoms with van der Waals surface area (Å²) in [5.74, 6) is 0.661. The second kappa shape index (κ2) is 5.41. The van der Waals surface area contributed by atoms with Crippen molar-refractivity contribution < 1.29 is 4.74 Å². The molecule has 1 aromatic heterocycles. The van der Waals surface area contributed by atoms with Crippen LogP contribution in [0, 0.1) is 5.92 Å². The lowest BCUT2D eigenvalue weighted by Crippen LogP contribution is -2.19. The van der Waals surface area contributed by atoms with Crippen molar-refractivity contribution in [3.63, 3.8) is 0 Å². The van der Waals surface area contributed by atoms with Crippen LogP contribution < -0.4 is 5.32 Å². The number of imidazole rings is 1. The molecule has 100 valence electrons. The van der Waals surface area contributed by atoms with Crippen LogP contribution in [0.5, 0.6) is 0 Å². The van der Waals surface area contributed by atoms with Crippen LogP contribution in [-0.2, 0) is 17.8 Å². The Bertz CT molecular complexity index is 386. The number of nitrogens with zero attached hydrogens (tertiary/aromatic N) is 2. The number of aromatic nitrogens is 2. The maximum absolute atomic E-state index is 5.73. The first-order valence-electron chi connectivity index (χ1n) is 7.20. The van der Waals surface area contributed by atoms with E-state index in [4.69, 9.17) is 4.74 Å². The molecule has 18 heavy (non-hydrogen) atoms. The molecule has 2 atom stereocenters. The molecular weight excluding hydrogens is 226 g/mol. The minimum atomic E-state index is 0.445. The fraction of sp³-hybridized carbons (Fsp3) is 0.786. The summed E-state index contributed by atoms with van der Waals surface area (Å²) in [6.45, 7) is 5.10. The van der Waals surface area contributed by atoms with Gasteiger partial charge < -0.3 is 14.6 Å². The third-order valence-electron chi connectivity index (χ3n) is 4.03. The predicted molar refractivity (Wildman–Crippen MR) is 70.2 cm³/mol. The minimum Gasteiger partial charge on any atom is -0.378 e. The fourth-order valence-electron chi connectivity index (χ4n) is 2.76. The molecule has 4 nitrogen and oxygen atoms in total. The Balaban J connectivity index is 1.52. The number of rotatable bonds is 6. The zero-order valence-electron chi connectivity index (χ0n) is 11.1. The fourth-order valence-corrected chi connectivity index (χ4v) is 2.76. The molecule has 1 aromatic rings. The van der Waals surface area contributed by atoms with Crippen LogP contribution in [0.25, 0.3) is 0 Å². The molecule has 0 amide bonds. The van der Waals surface area contributed by atoms with Crippen molar-refractivity contribution >= 4 is 0 Å². The van der Waals surface area contributed by atoms with Gasteiger partial charge in [0.2, 0.25) is 0 Å². The van der Waals surface area contributed by atoms with Gasteiger partial charge >= 0.3 is 0 Å². The molecule has 2 unspecified atom stereocenters. The molecule has 0 bridgehead atoms. The zero-order chi connectivity index (χ0) is 12.4. The quantitative estimate of drug-likeness (QED) is 0.837.